The second kappa shape index (κ2) is 11.7. The Kier molecular flexibility index (Phi) is 10.4. The molecule has 7 nitrogen and oxygen atoms in total. The Morgan fingerprint density at radius 2 is 1.92 bits per heavy atom. The summed E-state index contributed by atoms with van der Waals surface area (Å²) in [6.45, 7) is 6.73. The SMILES string of the molecule is CCNC(=NCCS(=O)(=O)N1CCOCC1)NC(C)c1ccccc1.I. The van der Waals surface area contributed by atoms with E-state index >= 15 is 0 Å². The number of benzene rings is 1. The van der Waals surface area contributed by atoms with Crippen LogP contribution < -0.4 is 10.6 Å². The second-order valence-electron chi connectivity index (χ2n) is 5.86. The molecule has 0 amide bonds. The van der Waals surface area contributed by atoms with Gasteiger partial charge >= 0.3 is 0 Å². The minimum absolute atomic E-state index is 0. The van der Waals surface area contributed by atoms with E-state index in [2.05, 4.69) is 15.6 Å². The molecule has 1 heterocycles. The standard InChI is InChI=1S/C17H28N4O3S.HI/c1-3-18-17(20-15(2)16-7-5-4-6-8-16)19-9-14-25(22,23)21-10-12-24-13-11-21;/h4-8,15H,3,9-14H2,1-2H3,(H2,18,19,20);1H. The topological polar surface area (TPSA) is 83.0 Å². The highest BCUT2D eigenvalue weighted by molar-refractivity contribution is 14.0. The maximum atomic E-state index is 12.3. The summed E-state index contributed by atoms with van der Waals surface area (Å²) in [5.74, 6) is 0.625. The van der Waals surface area contributed by atoms with Crippen LogP contribution in [-0.4, -0.2) is 63.8 Å². The van der Waals surface area contributed by atoms with E-state index in [9.17, 15) is 8.42 Å². The molecule has 148 valence electrons. The van der Waals surface area contributed by atoms with Crippen molar-refractivity contribution in [3.05, 3.63) is 35.9 Å². The third kappa shape index (κ3) is 7.37. The van der Waals surface area contributed by atoms with Gasteiger partial charge in [-0.1, -0.05) is 30.3 Å². The molecule has 0 saturated carbocycles. The lowest BCUT2D eigenvalue weighted by atomic mass is 10.1. The number of guanidine groups is 1. The fourth-order valence-electron chi connectivity index (χ4n) is 2.58. The van der Waals surface area contributed by atoms with E-state index in [1.807, 2.05) is 44.2 Å². The Bertz CT molecular complexity index is 649. The van der Waals surface area contributed by atoms with Crippen LogP contribution in [0.3, 0.4) is 0 Å². The van der Waals surface area contributed by atoms with E-state index in [1.54, 1.807) is 0 Å². The number of ether oxygens (including phenoxy) is 1. The van der Waals surface area contributed by atoms with Gasteiger partial charge in [-0.2, -0.15) is 4.31 Å². The summed E-state index contributed by atoms with van der Waals surface area (Å²) in [6, 6.07) is 10.1. The predicted molar refractivity (Wildman–Crippen MR) is 116 cm³/mol. The summed E-state index contributed by atoms with van der Waals surface area (Å²) in [5.41, 5.74) is 1.15. The molecule has 0 aromatic heterocycles. The highest BCUT2D eigenvalue weighted by atomic mass is 127. The summed E-state index contributed by atoms with van der Waals surface area (Å²) in [5, 5.41) is 6.47. The number of hydrogen-bond donors (Lipinski definition) is 2. The van der Waals surface area contributed by atoms with Crippen LogP contribution in [0.1, 0.15) is 25.5 Å². The average molecular weight is 496 g/mol. The van der Waals surface area contributed by atoms with Gasteiger partial charge in [0.05, 0.1) is 31.6 Å². The molecule has 1 aliphatic heterocycles. The summed E-state index contributed by atoms with van der Waals surface area (Å²) in [7, 11) is -3.28. The van der Waals surface area contributed by atoms with Gasteiger partial charge in [0.25, 0.3) is 0 Å². The summed E-state index contributed by atoms with van der Waals surface area (Å²) in [6.07, 6.45) is 0. The first kappa shape index (κ1) is 23.1. The largest absolute Gasteiger partial charge is 0.379 e. The highest BCUT2D eigenvalue weighted by Gasteiger charge is 2.23. The first-order valence-corrected chi connectivity index (χ1v) is 10.3. The minimum atomic E-state index is -3.28. The van der Waals surface area contributed by atoms with Gasteiger partial charge < -0.3 is 15.4 Å². The lowest BCUT2D eigenvalue weighted by Gasteiger charge is -2.25. The normalized spacial score (nSPS) is 17.2. The summed E-state index contributed by atoms with van der Waals surface area (Å²) in [4.78, 5) is 4.42. The molecule has 2 N–H and O–H groups in total. The smallest absolute Gasteiger partial charge is 0.216 e. The van der Waals surface area contributed by atoms with Crippen molar-refractivity contribution in [2.45, 2.75) is 19.9 Å². The monoisotopic (exact) mass is 496 g/mol. The van der Waals surface area contributed by atoms with Crippen molar-refractivity contribution >= 4 is 40.0 Å². The van der Waals surface area contributed by atoms with E-state index in [4.69, 9.17) is 4.74 Å². The number of rotatable bonds is 7. The molecule has 1 aromatic carbocycles. The maximum absolute atomic E-state index is 12.3. The number of halogens is 1. The Hall–Kier alpha value is -0.910. The Morgan fingerprint density at radius 1 is 1.27 bits per heavy atom. The average Bonchev–Trinajstić information content (AvgIpc) is 2.63. The van der Waals surface area contributed by atoms with Gasteiger partial charge in [-0.05, 0) is 19.4 Å². The number of nitrogens with zero attached hydrogens (tertiary/aromatic N) is 2. The first-order valence-electron chi connectivity index (χ1n) is 8.68. The Labute approximate surface area is 173 Å². The molecule has 2 rings (SSSR count). The van der Waals surface area contributed by atoms with Crippen molar-refractivity contribution in [2.24, 2.45) is 4.99 Å². The fourth-order valence-corrected chi connectivity index (χ4v) is 3.86. The molecule has 1 aromatic rings. The number of hydrogen-bond acceptors (Lipinski definition) is 4. The van der Waals surface area contributed by atoms with E-state index < -0.39 is 10.0 Å². The van der Waals surface area contributed by atoms with Crippen LogP contribution in [-0.2, 0) is 14.8 Å². The van der Waals surface area contributed by atoms with Crippen molar-refractivity contribution in [1.82, 2.24) is 14.9 Å². The van der Waals surface area contributed by atoms with Crippen LogP contribution in [0.15, 0.2) is 35.3 Å². The molecule has 0 spiro atoms. The van der Waals surface area contributed by atoms with Crippen molar-refractivity contribution in [3.63, 3.8) is 0 Å². The zero-order valence-corrected chi connectivity index (χ0v) is 18.5. The van der Waals surface area contributed by atoms with E-state index in [0.717, 1.165) is 5.56 Å². The van der Waals surface area contributed by atoms with Gasteiger partial charge in [0.2, 0.25) is 10.0 Å². The van der Waals surface area contributed by atoms with Gasteiger partial charge in [-0.25, -0.2) is 8.42 Å². The van der Waals surface area contributed by atoms with E-state index in [0.29, 0.717) is 38.8 Å². The molecule has 1 unspecified atom stereocenters. The molecule has 1 atom stereocenters. The summed E-state index contributed by atoms with van der Waals surface area (Å²) >= 11 is 0. The number of aliphatic imine (C=N–C) groups is 1. The quantitative estimate of drug-likeness (QED) is 0.341. The van der Waals surface area contributed by atoms with Crippen LogP contribution in [0.5, 0.6) is 0 Å². The molecule has 9 heteroatoms. The second-order valence-corrected chi connectivity index (χ2v) is 7.95. The molecule has 1 fully saturated rings. The highest BCUT2D eigenvalue weighted by Crippen LogP contribution is 2.11. The number of nitrogens with one attached hydrogen (secondary N) is 2. The fraction of sp³-hybridized carbons (Fsp3) is 0.588. The van der Waals surface area contributed by atoms with Gasteiger partial charge in [-0.3, -0.25) is 4.99 Å². The third-order valence-corrected chi connectivity index (χ3v) is 5.83. The van der Waals surface area contributed by atoms with Crippen molar-refractivity contribution in [2.75, 3.05) is 45.1 Å². The van der Waals surface area contributed by atoms with Gasteiger partial charge in [0, 0.05) is 19.6 Å². The molecular formula is C17H29IN4O3S. The molecule has 0 bridgehead atoms. The summed E-state index contributed by atoms with van der Waals surface area (Å²) < 4.78 is 31.3. The molecule has 0 radical (unpaired) electrons. The van der Waals surface area contributed by atoms with Crippen LogP contribution in [0, 0.1) is 0 Å². The van der Waals surface area contributed by atoms with Crippen molar-refractivity contribution in [1.29, 1.82) is 0 Å². The van der Waals surface area contributed by atoms with Crippen LogP contribution in [0.4, 0.5) is 0 Å². The van der Waals surface area contributed by atoms with E-state index in [-0.39, 0.29) is 42.3 Å². The molecule has 1 saturated heterocycles. The van der Waals surface area contributed by atoms with Crippen LogP contribution in [0.2, 0.25) is 0 Å². The molecule has 0 aliphatic carbocycles. The van der Waals surface area contributed by atoms with Gasteiger partial charge in [0.1, 0.15) is 0 Å². The number of sulfonamides is 1. The molecule has 26 heavy (non-hydrogen) atoms. The van der Waals surface area contributed by atoms with Crippen LogP contribution >= 0.6 is 24.0 Å². The maximum Gasteiger partial charge on any atom is 0.216 e. The predicted octanol–water partition coefficient (Wildman–Crippen LogP) is 1.58. The lowest BCUT2D eigenvalue weighted by molar-refractivity contribution is 0.0731. The lowest BCUT2D eigenvalue weighted by Crippen LogP contribution is -2.42. The van der Waals surface area contributed by atoms with Crippen molar-refractivity contribution in [3.8, 4) is 0 Å². The van der Waals surface area contributed by atoms with Gasteiger partial charge in [-0.15, -0.1) is 24.0 Å². The Morgan fingerprint density at radius 3 is 2.54 bits per heavy atom. The zero-order valence-electron chi connectivity index (χ0n) is 15.3. The molecule has 1 aliphatic rings. The van der Waals surface area contributed by atoms with Crippen molar-refractivity contribution < 1.29 is 13.2 Å². The van der Waals surface area contributed by atoms with Gasteiger partial charge in [0.15, 0.2) is 5.96 Å². The Balaban J connectivity index is 0.00000338. The van der Waals surface area contributed by atoms with Crippen LogP contribution in [0.25, 0.3) is 0 Å². The molecular weight excluding hydrogens is 467 g/mol. The number of morpholine rings is 1. The third-order valence-electron chi connectivity index (χ3n) is 3.98. The zero-order chi connectivity index (χ0) is 18.1. The first-order chi connectivity index (χ1) is 12.0. The minimum Gasteiger partial charge on any atom is -0.379 e. The van der Waals surface area contributed by atoms with E-state index in [1.165, 1.54) is 4.31 Å².